The fraction of sp³-hybridized carbons (Fsp3) is 0.0526. The van der Waals surface area contributed by atoms with Gasteiger partial charge in [0.25, 0.3) is 5.91 Å². The molecule has 0 bridgehead atoms. The van der Waals surface area contributed by atoms with Crippen molar-refractivity contribution in [1.82, 2.24) is 4.98 Å². The molecule has 2 aromatic carbocycles. The van der Waals surface area contributed by atoms with Gasteiger partial charge in [0.1, 0.15) is 5.75 Å². The molecule has 0 radical (unpaired) electrons. The van der Waals surface area contributed by atoms with Gasteiger partial charge in [0.05, 0.1) is 11.3 Å². The number of amides is 1. The molecule has 0 saturated carbocycles. The number of hydrogen-bond donors (Lipinski definition) is 1. The van der Waals surface area contributed by atoms with Gasteiger partial charge in [-0.2, -0.15) is 0 Å². The van der Waals surface area contributed by atoms with E-state index in [-0.39, 0.29) is 5.91 Å². The van der Waals surface area contributed by atoms with Crippen LogP contribution in [0.25, 0.3) is 0 Å². The summed E-state index contributed by atoms with van der Waals surface area (Å²) in [6.45, 7) is 2.00. The van der Waals surface area contributed by atoms with Crippen molar-refractivity contribution in [3.8, 4) is 11.5 Å². The third-order valence-corrected chi connectivity index (χ3v) is 4.07. The molecule has 4 nitrogen and oxygen atoms in total. The molecule has 0 aliphatic heterocycles. The Morgan fingerprint density at radius 1 is 1.12 bits per heavy atom. The molecule has 0 spiro atoms. The fourth-order valence-corrected chi connectivity index (χ4v) is 2.69. The first-order valence-electron chi connectivity index (χ1n) is 7.47. The molecule has 3 aromatic rings. The molecule has 1 heterocycles. The fourth-order valence-electron chi connectivity index (χ4n) is 2.15. The van der Waals surface area contributed by atoms with Gasteiger partial charge in [0, 0.05) is 21.9 Å². The summed E-state index contributed by atoms with van der Waals surface area (Å²) in [5.74, 6) is 0.877. The van der Waals surface area contributed by atoms with Crippen molar-refractivity contribution in [1.29, 1.82) is 0 Å². The summed E-state index contributed by atoms with van der Waals surface area (Å²) >= 11 is 9.37. The van der Waals surface area contributed by atoms with Crippen LogP contribution in [0.2, 0.25) is 5.02 Å². The zero-order valence-corrected chi connectivity index (χ0v) is 15.6. The lowest BCUT2D eigenvalue weighted by Gasteiger charge is -2.13. The Balaban J connectivity index is 1.86. The molecule has 0 fully saturated rings. The Morgan fingerprint density at radius 3 is 2.60 bits per heavy atom. The molecule has 0 unspecified atom stereocenters. The van der Waals surface area contributed by atoms with Crippen LogP contribution >= 0.6 is 27.5 Å². The maximum absolute atomic E-state index is 12.5. The average Bonchev–Trinajstić information content (AvgIpc) is 2.59. The number of benzene rings is 2. The second kappa shape index (κ2) is 7.68. The standard InChI is InChI=1S/C19H14BrClN2O2/c1-12-2-5-16(6-3-12)25-18-7-4-15(21)9-17(18)23-19(24)13-8-14(20)11-22-10-13/h2-11H,1H3,(H,23,24). The topological polar surface area (TPSA) is 51.2 Å². The number of pyridine rings is 1. The van der Waals surface area contributed by atoms with Crippen molar-refractivity contribution in [2.75, 3.05) is 5.32 Å². The number of carbonyl (C=O) groups is 1. The highest BCUT2D eigenvalue weighted by Crippen LogP contribution is 2.32. The van der Waals surface area contributed by atoms with Crippen molar-refractivity contribution in [2.45, 2.75) is 6.92 Å². The molecule has 3 rings (SSSR count). The Bertz CT molecular complexity index is 914. The van der Waals surface area contributed by atoms with Crippen LogP contribution in [-0.4, -0.2) is 10.9 Å². The van der Waals surface area contributed by atoms with E-state index >= 15 is 0 Å². The molecule has 0 aliphatic carbocycles. The Hall–Kier alpha value is -2.37. The molecule has 1 amide bonds. The minimum absolute atomic E-state index is 0.301. The van der Waals surface area contributed by atoms with E-state index in [1.165, 1.54) is 6.20 Å². The average molecular weight is 418 g/mol. The molecule has 126 valence electrons. The monoisotopic (exact) mass is 416 g/mol. The van der Waals surface area contributed by atoms with Gasteiger partial charge in [-0.1, -0.05) is 29.3 Å². The smallest absolute Gasteiger partial charge is 0.257 e. The second-order valence-corrected chi connectivity index (χ2v) is 6.75. The van der Waals surface area contributed by atoms with Crippen LogP contribution in [0.15, 0.2) is 65.4 Å². The minimum atomic E-state index is -0.301. The first kappa shape index (κ1) is 17.5. The number of halogens is 2. The van der Waals surface area contributed by atoms with E-state index < -0.39 is 0 Å². The molecule has 0 atom stereocenters. The predicted molar refractivity (Wildman–Crippen MR) is 103 cm³/mol. The van der Waals surface area contributed by atoms with Gasteiger partial charge < -0.3 is 10.1 Å². The van der Waals surface area contributed by atoms with Crippen molar-refractivity contribution in [3.63, 3.8) is 0 Å². The molecule has 1 aromatic heterocycles. The van der Waals surface area contributed by atoms with Gasteiger partial charge in [-0.3, -0.25) is 9.78 Å². The third-order valence-electron chi connectivity index (χ3n) is 3.41. The quantitative estimate of drug-likeness (QED) is 0.579. The summed E-state index contributed by atoms with van der Waals surface area (Å²) < 4.78 is 6.61. The van der Waals surface area contributed by atoms with Gasteiger partial charge in [-0.15, -0.1) is 0 Å². The van der Waals surface area contributed by atoms with Gasteiger partial charge in [-0.25, -0.2) is 0 Å². The summed E-state index contributed by atoms with van der Waals surface area (Å²) in [7, 11) is 0. The lowest BCUT2D eigenvalue weighted by Crippen LogP contribution is -2.13. The minimum Gasteiger partial charge on any atom is -0.455 e. The number of aryl methyl sites for hydroxylation is 1. The number of ether oxygens (including phenoxy) is 1. The van der Waals surface area contributed by atoms with E-state index in [9.17, 15) is 4.79 Å². The van der Waals surface area contributed by atoms with Gasteiger partial charge in [0.2, 0.25) is 0 Å². The summed E-state index contributed by atoms with van der Waals surface area (Å²) in [4.78, 5) is 16.5. The number of anilines is 1. The lowest BCUT2D eigenvalue weighted by atomic mass is 10.2. The Morgan fingerprint density at radius 2 is 1.88 bits per heavy atom. The third kappa shape index (κ3) is 4.59. The SMILES string of the molecule is Cc1ccc(Oc2ccc(Cl)cc2NC(=O)c2cncc(Br)c2)cc1. The van der Waals surface area contributed by atoms with Crippen LogP contribution in [0.1, 0.15) is 15.9 Å². The van der Waals surface area contributed by atoms with E-state index in [1.54, 1.807) is 30.5 Å². The molecule has 1 N–H and O–H groups in total. The van der Waals surface area contributed by atoms with Crippen LogP contribution < -0.4 is 10.1 Å². The molecule has 0 aliphatic rings. The number of aromatic nitrogens is 1. The van der Waals surface area contributed by atoms with Crippen LogP contribution in [0.4, 0.5) is 5.69 Å². The van der Waals surface area contributed by atoms with Crippen molar-refractivity contribution >= 4 is 39.1 Å². The summed E-state index contributed by atoms with van der Waals surface area (Å²) in [5, 5.41) is 3.32. The van der Waals surface area contributed by atoms with Gasteiger partial charge in [0.15, 0.2) is 5.75 Å². The summed E-state index contributed by atoms with van der Waals surface area (Å²) in [5.41, 5.74) is 2.05. The van der Waals surface area contributed by atoms with Crippen molar-refractivity contribution in [3.05, 3.63) is 81.5 Å². The van der Waals surface area contributed by atoms with E-state index in [0.717, 1.165) is 10.0 Å². The Kier molecular flexibility index (Phi) is 5.36. The number of carbonyl (C=O) groups excluding carboxylic acids is 1. The van der Waals surface area contributed by atoms with Gasteiger partial charge in [-0.05, 0) is 59.3 Å². The van der Waals surface area contributed by atoms with E-state index in [1.807, 2.05) is 31.2 Å². The van der Waals surface area contributed by atoms with E-state index in [4.69, 9.17) is 16.3 Å². The van der Waals surface area contributed by atoms with Crippen LogP contribution in [0, 0.1) is 6.92 Å². The van der Waals surface area contributed by atoms with Crippen LogP contribution in [0.5, 0.6) is 11.5 Å². The highest BCUT2D eigenvalue weighted by atomic mass is 79.9. The number of nitrogens with one attached hydrogen (secondary N) is 1. The molecule has 0 saturated heterocycles. The molecule has 6 heteroatoms. The number of nitrogens with zero attached hydrogens (tertiary/aromatic N) is 1. The molecular formula is C19H14BrClN2O2. The highest BCUT2D eigenvalue weighted by molar-refractivity contribution is 9.10. The maximum atomic E-state index is 12.5. The van der Waals surface area contributed by atoms with E-state index in [2.05, 4.69) is 26.2 Å². The summed E-state index contributed by atoms with van der Waals surface area (Å²) in [6.07, 6.45) is 3.10. The summed E-state index contributed by atoms with van der Waals surface area (Å²) in [6, 6.07) is 14.4. The van der Waals surface area contributed by atoms with Crippen LogP contribution in [0.3, 0.4) is 0 Å². The second-order valence-electron chi connectivity index (χ2n) is 5.40. The number of rotatable bonds is 4. The molecule has 25 heavy (non-hydrogen) atoms. The highest BCUT2D eigenvalue weighted by Gasteiger charge is 2.12. The number of hydrogen-bond acceptors (Lipinski definition) is 3. The van der Waals surface area contributed by atoms with Crippen LogP contribution in [-0.2, 0) is 0 Å². The normalized spacial score (nSPS) is 10.4. The van der Waals surface area contributed by atoms with Crippen molar-refractivity contribution in [2.24, 2.45) is 0 Å². The lowest BCUT2D eigenvalue weighted by molar-refractivity contribution is 0.102. The first-order valence-corrected chi connectivity index (χ1v) is 8.64. The zero-order chi connectivity index (χ0) is 17.8. The van der Waals surface area contributed by atoms with Gasteiger partial charge >= 0.3 is 0 Å². The van der Waals surface area contributed by atoms with E-state index in [0.29, 0.717) is 27.8 Å². The maximum Gasteiger partial charge on any atom is 0.257 e. The first-order chi connectivity index (χ1) is 12.0. The largest absolute Gasteiger partial charge is 0.455 e. The predicted octanol–water partition coefficient (Wildman–Crippen LogP) is 5.85. The Labute approximate surface area is 158 Å². The molecular weight excluding hydrogens is 404 g/mol. The zero-order valence-electron chi connectivity index (χ0n) is 13.3. The van der Waals surface area contributed by atoms with Crippen molar-refractivity contribution < 1.29 is 9.53 Å².